The van der Waals surface area contributed by atoms with Crippen molar-refractivity contribution in [3.63, 3.8) is 0 Å². The van der Waals surface area contributed by atoms with E-state index in [1.807, 2.05) is 36.4 Å². The molecular formula is C38H27N3. The average Bonchev–Trinajstić information content (AvgIpc) is 3.27. The first-order valence-corrected chi connectivity index (χ1v) is 14.0. The number of nitrogens with zero attached hydrogens (tertiary/aromatic N) is 3. The largest absolute Gasteiger partial charge is 0.208 e. The van der Waals surface area contributed by atoms with E-state index in [0.29, 0.717) is 17.5 Å². The van der Waals surface area contributed by atoms with Crippen LogP contribution in [0.25, 0.3) is 66.8 Å². The van der Waals surface area contributed by atoms with E-state index in [2.05, 4.69) is 105 Å². The second-order valence-electron chi connectivity index (χ2n) is 11.3. The molecule has 1 aliphatic rings. The van der Waals surface area contributed by atoms with Crippen LogP contribution >= 0.6 is 0 Å². The number of hydrogen-bond donors (Lipinski definition) is 0. The maximum atomic E-state index is 5.02. The molecule has 8 rings (SSSR count). The zero-order valence-corrected chi connectivity index (χ0v) is 23.0. The predicted octanol–water partition coefficient (Wildman–Crippen LogP) is 9.49. The molecule has 0 atom stereocenters. The smallest absolute Gasteiger partial charge is 0.164 e. The van der Waals surface area contributed by atoms with Gasteiger partial charge >= 0.3 is 0 Å². The Kier molecular flexibility index (Phi) is 5.17. The fourth-order valence-electron chi connectivity index (χ4n) is 6.32. The van der Waals surface area contributed by atoms with Crippen LogP contribution < -0.4 is 0 Å². The van der Waals surface area contributed by atoms with Crippen LogP contribution in [0.4, 0.5) is 0 Å². The molecule has 0 amide bonds. The Bertz CT molecular complexity index is 2040. The zero-order valence-electron chi connectivity index (χ0n) is 23.0. The van der Waals surface area contributed by atoms with E-state index in [4.69, 9.17) is 15.0 Å². The predicted molar refractivity (Wildman–Crippen MR) is 169 cm³/mol. The van der Waals surface area contributed by atoms with Crippen LogP contribution in [0, 0.1) is 0 Å². The summed E-state index contributed by atoms with van der Waals surface area (Å²) >= 11 is 0. The Morgan fingerprint density at radius 1 is 0.390 bits per heavy atom. The minimum atomic E-state index is -0.168. The van der Waals surface area contributed by atoms with Crippen LogP contribution in [0.15, 0.2) is 127 Å². The van der Waals surface area contributed by atoms with E-state index in [-0.39, 0.29) is 5.41 Å². The number of aromatic nitrogens is 3. The van der Waals surface area contributed by atoms with E-state index in [9.17, 15) is 0 Å². The third-order valence-electron chi connectivity index (χ3n) is 8.44. The van der Waals surface area contributed by atoms with Crippen molar-refractivity contribution in [1.82, 2.24) is 15.0 Å². The van der Waals surface area contributed by atoms with Gasteiger partial charge in [-0.3, -0.25) is 0 Å². The average molecular weight is 526 g/mol. The van der Waals surface area contributed by atoms with Gasteiger partial charge < -0.3 is 0 Å². The van der Waals surface area contributed by atoms with Crippen molar-refractivity contribution in [2.75, 3.05) is 0 Å². The molecule has 0 saturated heterocycles. The molecule has 0 fully saturated rings. The van der Waals surface area contributed by atoms with E-state index in [1.54, 1.807) is 0 Å². The van der Waals surface area contributed by atoms with Gasteiger partial charge in [0.05, 0.1) is 0 Å². The molecule has 6 aromatic carbocycles. The Morgan fingerprint density at radius 3 is 1.27 bits per heavy atom. The summed E-state index contributed by atoms with van der Waals surface area (Å²) in [6.07, 6.45) is 0. The standard InChI is InChI=1S/C38H27N3/c1-38(2)31-22-29(24-12-6-3-7-13-24)20-27-18-19-28-21-30(23-32(38)34(28)33(27)31)37-40-35(25-14-8-4-9-15-25)39-36(41-37)26-16-10-5-11-17-26/h3-23H,1-2H3. The molecule has 194 valence electrons. The lowest BCUT2D eigenvalue weighted by Crippen LogP contribution is -2.15. The summed E-state index contributed by atoms with van der Waals surface area (Å²) in [5.74, 6) is 2.04. The second-order valence-corrected chi connectivity index (χ2v) is 11.3. The van der Waals surface area contributed by atoms with Crippen molar-refractivity contribution in [2.24, 2.45) is 0 Å². The first-order chi connectivity index (χ1) is 20.1. The normalized spacial score (nSPS) is 13.3. The summed E-state index contributed by atoms with van der Waals surface area (Å²) in [7, 11) is 0. The van der Waals surface area contributed by atoms with E-state index in [1.165, 1.54) is 43.8 Å². The summed E-state index contributed by atoms with van der Waals surface area (Å²) in [5.41, 5.74) is 7.97. The quantitative estimate of drug-likeness (QED) is 0.215. The monoisotopic (exact) mass is 525 g/mol. The van der Waals surface area contributed by atoms with Crippen LogP contribution in [0.3, 0.4) is 0 Å². The van der Waals surface area contributed by atoms with Gasteiger partial charge in [-0.15, -0.1) is 0 Å². The minimum Gasteiger partial charge on any atom is -0.208 e. The van der Waals surface area contributed by atoms with Crippen molar-refractivity contribution in [1.29, 1.82) is 0 Å². The van der Waals surface area contributed by atoms with Crippen LogP contribution in [0.1, 0.15) is 25.0 Å². The van der Waals surface area contributed by atoms with E-state index < -0.39 is 0 Å². The number of benzene rings is 6. The maximum Gasteiger partial charge on any atom is 0.164 e. The molecule has 0 bridgehead atoms. The zero-order chi connectivity index (χ0) is 27.6. The lowest BCUT2D eigenvalue weighted by molar-refractivity contribution is 0.663. The third kappa shape index (κ3) is 3.77. The highest BCUT2D eigenvalue weighted by molar-refractivity contribution is 6.16. The molecular weight excluding hydrogens is 498 g/mol. The third-order valence-corrected chi connectivity index (χ3v) is 8.44. The second kappa shape index (κ2) is 8.94. The number of hydrogen-bond acceptors (Lipinski definition) is 3. The topological polar surface area (TPSA) is 38.7 Å². The van der Waals surface area contributed by atoms with Gasteiger partial charge in [0.25, 0.3) is 0 Å². The lowest BCUT2D eigenvalue weighted by atomic mass is 9.80. The Labute approximate surface area is 239 Å². The molecule has 0 aliphatic heterocycles. The van der Waals surface area contributed by atoms with Gasteiger partial charge in [0.1, 0.15) is 0 Å². The maximum absolute atomic E-state index is 5.02. The molecule has 1 heterocycles. The van der Waals surface area contributed by atoms with E-state index >= 15 is 0 Å². The van der Waals surface area contributed by atoms with Crippen molar-refractivity contribution in [2.45, 2.75) is 19.3 Å². The lowest BCUT2D eigenvalue weighted by Gasteiger charge is -2.23. The summed E-state index contributed by atoms with van der Waals surface area (Å²) < 4.78 is 0. The summed E-state index contributed by atoms with van der Waals surface area (Å²) in [6, 6.07) is 44.8. The van der Waals surface area contributed by atoms with Crippen molar-refractivity contribution in [3.05, 3.63) is 139 Å². The van der Waals surface area contributed by atoms with Gasteiger partial charge in [-0.25, -0.2) is 15.0 Å². The van der Waals surface area contributed by atoms with Gasteiger partial charge in [0.15, 0.2) is 17.5 Å². The Morgan fingerprint density at radius 2 is 0.780 bits per heavy atom. The van der Waals surface area contributed by atoms with Crippen LogP contribution in [-0.4, -0.2) is 15.0 Å². The van der Waals surface area contributed by atoms with Crippen LogP contribution in [0.5, 0.6) is 0 Å². The van der Waals surface area contributed by atoms with E-state index in [0.717, 1.165) is 16.7 Å². The molecule has 0 saturated carbocycles. The van der Waals surface area contributed by atoms with Gasteiger partial charge in [-0.05, 0) is 68.1 Å². The van der Waals surface area contributed by atoms with Gasteiger partial charge in [-0.1, -0.05) is 117 Å². The molecule has 3 heteroatoms. The first kappa shape index (κ1) is 23.7. The molecule has 0 N–H and O–H groups in total. The molecule has 7 aromatic rings. The molecule has 1 aromatic heterocycles. The highest BCUT2D eigenvalue weighted by Gasteiger charge is 2.35. The summed E-state index contributed by atoms with van der Waals surface area (Å²) in [5, 5.41) is 5.20. The Hall–Kier alpha value is -5.15. The summed E-state index contributed by atoms with van der Waals surface area (Å²) in [4.78, 5) is 14.9. The van der Waals surface area contributed by atoms with Crippen molar-refractivity contribution >= 4 is 21.5 Å². The van der Waals surface area contributed by atoms with Crippen LogP contribution in [0.2, 0.25) is 0 Å². The van der Waals surface area contributed by atoms with Gasteiger partial charge in [0, 0.05) is 22.1 Å². The first-order valence-electron chi connectivity index (χ1n) is 14.0. The molecule has 41 heavy (non-hydrogen) atoms. The van der Waals surface area contributed by atoms with Crippen LogP contribution in [-0.2, 0) is 5.41 Å². The highest BCUT2D eigenvalue weighted by atomic mass is 15.0. The minimum absolute atomic E-state index is 0.168. The van der Waals surface area contributed by atoms with Gasteiger partial charge in [0.2, 0.25) is 0 Å². The van der Waals surface area contributed by atoms with Crippen molar-refractivity contribution in [3.8, 4) is 45.3 Å². The van der Waals surface area contributed by atoms with Crippen molar-refractivity contribution < 1.29 is 0 Å². The fourth-order valence-corrected chi connectivity index (χ4v) is 6.32. The Balaban J connectivity index is 1.34. The number of rotatable bonds is 4. The molecule has 0 radical (unpaired) electrons. The molecule has 1 aliphatic carbocycles. The molecule has 0 unspecified atom stereocenters. The molecule has 0 spiro atoms. The molecule has 3 nitrogen and oxygen atoms in total. The SMILES string of the molecule is CC1(C)c2cc(-c3ccccc3)cc3ccc4cc(-c5nc(-c6ccccc6)nc(-c6ccccc6)n5)cc1c4c23. The summed E-state index contributed by atoms with van der Waals surface area (Å²) in [6.45, 7) is 4.68. The van der Waals surface area contributed by atoms with Gasteiger partial charge in [-0.2, -0.15) is 0 Å². The highest BCUT2D eigenvalue weighted by Crippen LogP contribution is 2.51. The fraction of sp³-hybridized carbons (Fsp3) is 0.0789.